The number of carbonyl (C=O) groups excluding carboxylic acids is 2. The van der Waals surface area contributed by atoms with Gasteiger partial charge in [-0.1, -0.05) is 18.2 Å². The largest absolute Gasteiger partial charge is 0.444 e. The van der Waals surface area contributed by atoms with E-state index in [9.17, 15) is 9.59 Å². The number of hydrogen-bond acceptors (Lipinski definition) is 3. The number of ketones is 1. The predicted molar refractivity (Wildman–Crippen MR) is 85.8 cm³/mol. The second kappa shape index (κ2) is 6.22. The van der Waals surface area contributed by atoms with Crippen LogP contribution in [0.3, 0.4) is 0 Å². The number of H-pyrrole nitrogens is 1. The van der Waals surface area contributed by atoms with Gasteiger partial charge in [0, 0.05) is 23.5 Å². The second-order valence-electron chi connectivity index (χ2n) is 6.37. The van der Waals surface area contributed by atoms with E-state index in [-0.39, 0.29) is 5.78 Å². The number of aromatic nitrogens is 1. The quantitative estimate of drug-likeness (QED) is 0.911. The molecule has 1 atom stereocenters. The van der Waals surface area contributed by atoms with Crippen LogP contribution in [0.2, 0.25) is 0 Å². The lowest BCUT2D eigenvalue weighted by atomic mass is 10.0. The van der Waals surface area contributed by atoms with Gasteiger partial charge in [0.15, 0.2) is 5.78 Å². The van der Waals surface area contributed by atoms with Crippen molar-refractivity contribution < 1.29 is 14.3 Å². The van der Waals surface area contributed by atoms with Crippen molar-refractivity contribution in [3.8, 4) is 0 Å². The molecule has 2 rings (SSSR count). The summed E-state index contributed by atoms with van der Waals surface area (Å²) < 4.78 is 5.21. The molecule has 0 aliphatic carbocycles. The van der Waals surface area contributed by atoms with E-state index in [0.717, 1.165) is 16.5 Å². The second-order valence-corrected chi connectivity index (χ2v) is 6.37. The first kappa shape index (κ1) is 16.1. The molecule has 22 heavy (non-hydrogen) atoms. The number of fused-ring (bicyclic) bond motifs is 1. The minimum atomic E-state index is -0.603. The van der Waals surface area contributed by atoms with Crippen LogP contribution in [0.1, 0.15) is 33.3 Å². The molecule has 0 saturated carbocycles. The molecule has 0 unspecified atom stereocenters. The standard InChI is InChI=1S/C17H22N2O3/c1-11(20)15(19-16(21)22-17(2,3)4)9-12-10-18-14-8-6-5-7-13(12)14/h5-8,10,15,18H,9H2,1-4H3,(H,19,21)/t15-/m0/s1. The first-order chi connectivity index (χ1) is 10.3. The number of nitrogens with one attached hydrogen (secondary N) is 2. The minimum Gasteiger partial charge on any atom is -0.444 e. The Balaban J connectivity index is 2.12. The van der Waals surface area contributed by atoms with Crippen molar-refractivity contribution in [2.45, 2.75) is 45.8 Å². The molecule has 5 heteroatoms. The highest BCUT2D eigenvalue weighted by atomic mass is 16.6. The van der Waals surface area contributed by atoms with Gasteiger partial charge in [0.2, 0.25) is 0 Å². The molecule has 2 aromatic rings. The number of ether oxygens (including phenoxy) is 1. The van der Waals surface area contributed by atoms with Gasteiger partial charge in [-0.25, -0.2) is 4.79 Å². The summed E-state index contributed by atoms with van der Waals surface area (Å²) in [6, 6.07) is 7.26. The molecule has 2 N–H and O–H groups in total. The zero-order valence-electron chi connectivity index (χ0n) is 13.4. The predicted octanol–water partition coefficient (Wildman–Crippen LogP) is 3.19. The highest BCUT2D eigenvalue weighted by molar-refractivity contribution is 5.88. The number of rotatable bonds is 4. The summed E-state index contributed by atoms with van der Waals surface area (Å²) in [6.45, 7) is 6.83. The number of aromatic amines is 1. The van der Waals surface area contributed by atoms with E-state index < -0.39 is 17.7 Å². The maximum absolute atomic E-state index is 11.9. The Morgan fingerprint density at radius 1 is 1.27 bits per heavy atom. The van der Waals surface area contributed by atoms with Gasteiger partial charge in [0.05, 0.1) is 6.04 Å². The van der Waals surface area contributed by atoms with Gasteiger partial charge in [0.25, 0.3) is 0 Å². The smallest absolute Gasteiger partial charge is 0.408 e. The van der Waals surface area contributed by atoms with Crippen LogP contribution in [0.5, 0.6) is 0 Å². The van der Waals surface area contributed by atoms with E-state index in [2.05, 4.69) is 10.3 Å². The molecule has 0 spiro atoms. The van der Waals surface area contributed by atoms with Gasteiger partial charge >= 0.3 is 6.09 Å². The van der Waals surface area contributed by atoms with Crippen molar-refractivity contribution in [2.75, 3.05) is 0 Å². The van der Waals surface area contributed by atoms with Crippen molar-refractivity contribution in [3.05, 3.63) is 36.0 Å². The molecule has 0 aliphatic rings. The first-order valence-corrected chi connectivity index (χ1v) is 7.31. The third-order valence-electron chi connectivity index (χ3n) is 3.28. The van der Waals surface area contributed by atoms with Crippen LogP contribution in [0.25, 0.3) is 10.9 Å². The average molecular weight is 302 g/mol. The Morgan fingerprint density at radius 3 is 2.59 bits per heavy atom. The van der Waals surface area contributed by atoms with Crippen LogP contribution in [-0.4, -0.2) is 28.5 Å². The van der Waals surface area contributed by atoms with Gasteiger partial charge in [-0.2, -0.15) is 0 Å². The molecule has 0 saturated heterocycles. The molecule has 118 valence electrons. The van der Waals surface area contributed by atoms with Crippen LogP contribution in [0, 0.1) is 0 Å². The number of amides is 1. The lowest BCUT2D eigenvalue weighted by Crippen LogP contribution is -2.43. The van der Waals surface area contributed by atoms with Crippen LogP contribution in [0.15, 0.2) is 30.5 Å². The Labute approximate surface area is 130 Å². The average Bonchev–Trinajstić information content (AvgIpc) is 2.79. The number of hydrogen-bond donors (Lipinski definition) is 2. The van der Waals surface area contributed by atoms with Gasteiger partial charge < -0.3 is 15.0 Å². The molecular weight excluding hydrogens is 280 g/mol. The summed E-state index contributed by atoms with van der Waals surface area (Å²) in [5, 5.41) is 3.71. The lowest BCUT2D eigenvalue weighted by molar-refractivity contribution is -0.119. The fourth-order valence-corrected chi connectivity index (χ4v) is 2.27. The molecule has 0 radical (unpaired) electrons. The van der Waals surface area contributed by atoms with Crippen molar-refractivity contribution in [2.24, 2.45) is 0 Å². The van der Waals surface area contributed by atoms with E-state index in [0.29, 0.717) is 6.42 Å². The fourth-order valence-electron chi connectivity index (χ4n) is 2.27. The lowest BCUT2D eigenvalue weighted by Gasteiger charge is -2.22. The van der Waals surface area contributed by atoms with Crippen molar-refractivity contribution in [3.63, 3.8) is 0 Å². The monoisotopic (exact) mass is 302 g/mol. The normalized spacial score (nSPS) is 12.9. The van der Waals surface area contributed by atoms with Crippen molar-refractivity contribution in [1.82, 2.24) is 10.3 Å². The molecule has 1 amide bonds. The number of alkyl carbamates (subject to hydrolysis) is 1. The zero-order chi connectivity index (χ0) is 16.3. The van der Waals surface area contributed by atoms with Crippen LogP contribution in [-0.2, 0) is 16.0 Å². The Morgan fingerprint density at radius 2 is 1.95 bits per heavy atom. The van der Waals surface area contributed by atoms with E-state index in [4.69, 9.17) is 4.74 Å². The summed E-state index contributed by atoms with van der Waals surface area (Å²) in [5.41, 5.74) is 1.41. The zero-order valence-corrected chi connectivity index (χ0v) is 13.4. The van der Waals surface area contributed by atoms with Crippen LogP contribution in [0.4, 0.5) is 4.79 Å². The SMILES string of the molecule is CC(=O)[C@H](Cc1c[nH]c2ccccc12)NC(=O)OC(C)(C)C. The van der Waals surface area contributed by atoms with Gasteiger partial charge in [0.1, 0.15) is 5.60 Å². The molecule has 1 heterocycles. The number of Topliss-reactive ketones (excluding diaryl/α,β-unsaturated/α-hetero) is 1. The summed E-state index contributed by atoms with van der Waals surface area (Å²) in [6.07, 6.45) is 1.73. The Hall–Kier alpha value is -2.30. The number of carbonyl (C=O) groups is 2. The van der Waals surface area contributed by atoms with E-state index in [1.54, 1.807) is 20.8 Å². The van der Waals surface area contributed by atoms with E-state index in [1.807, 2.05) is 30.5 Å². The highest BCUT2D eigenvalue weighted by Gasteiger charge is 2.23. The van der Waals surface area contributed by atoms with Crippen LogP contribution < -0.4 is 5.32 Å². The van der Waals surface area contributed by atoms with E-state index >= 15 is 0 Å². The Kier molecular flexibility index (Phi) is 4.54. The molecule has 1 aromatic carbocycles. The highest BCUT2D eigenvalue weighted by Crippen LogP contribution is 2.19. The molecule has 5 nitrogen and oxygen atoms in total. The summed E-state index contributed by atoms with van der Waals surface area (Å²) >= 11 is 0. The van der Waals surface area contributed by atoms with Gasteiger partial charge in [-0.05, 0) is 39.3 Å². The summed E-state index contributed by atoms with van der Waals surface area (Å²) in [5.74, 6) is -0.101. The van der Waals surface area contributed by atoms with Crippen molar-refractivity contribution in [1.29, 1.82) is 0 Å². The van der Waals surface area contributed by atoms with E-state index in [1.165, 1.54) is 6.92 Å². The van der Waals surface area contributed by atoms with Crippen LogP contribution >= 0.6 is 0 Å². The third-order valence-corrected chi connectivity index (χ3v) is 3.28. The third kappa shape index (κ3) is 4.10. The maximum Gasteiger partial charge on any atom is 0.408 e. The molecule has 0 aliphatic heterocycles. The number of benzene rings is 1. The molecule has 0 fully saturated rings. The molecule has 0 bridgehead atoms. The first-order valence-electron chi connectivity index (χ1n) is 7.31. The number of para-hydroxylation sites is 1. The topological polar surface area (TPSA) is 71.2 Å². The summed E-state index contributed by atoms with van der Waals surface area (Å²) in [4.78, 5) is 26.9. The molecule has 1 aromatic heterocycles. The van der Waals surface area contributed by atoms with Gasteiger partial charge in [-0.3, -0.25) is 4.79 Å². The van der Waals surface area contributed by atoms with Crippen molar-refractivity contribution >= 4 is 22.8 Å². The Bertz CT molecular complexity index is 683. The minimum absolute atomic E-state index is 0.101. The fraction of sp³-hybridized carbons (Fsp3) is 0.412. The molecular formula is C17H22N2O3. The van der Waals surface area contributed by atoms with Gasteiger partial charge in [-0.15, -0.1) is 0 Å². The summed E-state index contributed by atoms with van der Waals surface area (Å²) in [7, 11) is 0. The maximum atomic E-state index is 11.9.